The molecule has 1 aromatic rings. The summed E-state index contributed by atoms with van der Waals surface area (Å²) in [4.78, 5) is 5.98. The molecule has 0 spiro atoms. The Morgan fingerprint density at radius 2 is 2.14 bits per heavy atom. The van der Waals surface area contributed by atoms with Gasteiger partial charge in [-0.25, -0.2) is 0 Å². The zero-order valence-electron chi connectivity index (χ0n) is 8.43. The molecular formula is C10H17N3O. The SMILES string of the molecule is CN(Cc1ccncc1)C[C@H](O)CN. The molecule has 1 atom stereocenters. The van der Waals surface area contributed by atoms with Crippen molar-refractivity contribution in [2.75, 3.05) is 20.1 Å². The second kappa shape index (κ2) is 5.70. The normalized spacial score (nSPS) is 13.1. The van der Waals surface area contributed by atoms with Gasteiger partial charge >= 0.3 is 0 Å². The number of hydrogen-bond acceptors (Lipinski definition) is 4. The van der Waals surface area contributed by atoms with Gasteiger partial charge < -0.3 is 10.8 Å². The van der Waals surface area contributed by atoms with E-state index < -0.39 is 6.10 Å². The largest absolute Gasteiger partial charge is 0.390 e. The number of aromatic nitrogens is 1. The Morgan fingerprint density at radius 1 is 1.50 bits per heavy atom. The molecule has 4 heteroatoms. The minimum atomic E-state index is -0.443. The molecule has 4 nitrogen and oxygen atoms in total. The standard InChI is InChI=1S/C10H17N3O/c1-13(8-10(14)6-11)7-9-2-4-12-5-3-9/h2-5,10,14H,6-8,11H2,1H3/t10-/m1/s1. The van der Waals surface area contributed by atoms with Crippen LogP contribution in [-0.4, -0.2) is 41.2 Å². The third-order valence-corrected chi connectivity index (χ3v) is 2.00. The van der Waals surface area contributed by atoms with E-state index in [-0.39, 0.29) is 0 Å². The van der Waals surface area contributed by atoms with Gasteiger partial charge in [0.2, 0.25) is 0 Å². The van der Waals surface area contributed by atoms with Crippen molar-refractivity contribution in [2.45, 2.75) is 12.6 Å². The van der Waals surface area contributed by atoms with Crippen LogP contribution >= 0.6 is 0 Å². The van der Waals surface area contributed by atoms with E-state index in [1.807, 2.05) is 24.1 Å². The van der Waals surface area contributed by atoms with Gasteiger partial charge in [0.15, 0.2) is 0 Å². The summed E-state index contributed by atoms with van der Waals surface area (Å²) in [5, 5.41) is 9.33. The molecule has 0 radical (unpaired) electrons. The average Bonchev–Trinajstić information content (AvgIpc) is 2.19. The van der Waals surface area contributed by atoms with Gasteiger partial charge in [0.05, 0.1) is 6.10 Å². The van der Waals surface area contributed by atoms with E-state index in [0.29, 0.717) is 13.1 Å². The number of aliphatic hydroxyl groups is 1. The summed E-state index contributed by atoms with van der Waals surface area (Å²) in [6.07, 6.45) is 3.09. The van der Waals surface area contributed by atoms with Crippen molar-refractivity contribution >= 4 is 0 Å². The average molecular weight is 195 g/mol. The molecule has 0 saturated heterocycles. The molecular weight excluding hydrogens is 178 g/mol. The summed E-state index contributed by atoms with van der Waals surface area (Å²) in [5.74, 6) is 0. The van der Waals surface area contributed by atoms with Crippen LogP contribution in [0.25, 0.3) is 0 Å². The number of rotatable bonds is 5. The van der Waals surface area contributed by atoms with Crippen molar-refractivity contribution < 1.29 is 5.11 Å². The summed E-state index contributed by atoms with van der Waals surface area (Å²) >= 11 is 0. The fourth-order valence-corrected chi connectivity index (χ4v) is 1.30. The maximum atomic E-state index is 9.33. The van der Waals surface area contributed by atoms with Crippen LogP contribution in [0, 0.1) is 0 Å². The van der Waals surface area contributed by atoms with Crippen molar-refractivity contribution in [2.24, 2.45) is 5.73 Å². The monoisotopic (exact) mass is 195 g/mol. The topological polar surface area (TPSA) is 62.4 Å². The predicted octanol–water partition coefficient (Wildman–Crippen LogP) is -0.167. The molecule has 3 N–H and O–H groups in total. The van der Waals surface area contributed by atoms with Gasteiger partial charge in [0.25, 0.3) is 0 Å². The van der Waals surface area contributed by atoms with E-state index >= 15 is 0 Å². The Hall–Kier alpha value is -0.970. The predicted molar refractivity (Wildman–Crippen MR) is 55.6 cm³/mol. The molecule has 0 fully saturated rings. The molecule has 1 heterocycles. The molecule has 0 saturated carbocycles. The second-order valence-electron chi connectivity index (χ2n) is 3.44. The van der Waals surface area contributed by atoms with Crippen LogP contribution in [0.4, 0.5) is 0 Å². The zero-order chi connectivity index (χ0) is 10.4. The highest BCUT2D eigenvalue weighted by molar-refractivity contribution is 5.09. The lowest BCUT2D eigenvalue weighted by molar-refractivity contribution is 0.129. The first-order valence-electron chi connectivity index (χ1n) is 4.68. The molecule has 0 aliphatic rings. The van der Waals surface area contributed by atoms with Crippen molar-refractivity contribution in [3.63, 3.8) is 0 Å². The Balaban J connectivity index is 2.37. The molecule has 0 aromatic carbocycles. The molecule has 14 heavy (non-hydrogen) atoms. The molecule has 78 valence electrons. The van der Waals surface area contributed by atoms with Crippen LogP contribution in [0.1, 0.15) is 5.56 Å². The number of nitrogens with zero attached hydrogens (tertiary/aromatic N) is 2. The highest BCUT2D eigenvalue weighted by Crippen LogP contribution is 2.01. The first-order chi connectivity index (χ1) is 6.72. The maximum Gasteiger partial charge on any atom is 0.0789 e. The van der Waals surface area contributed by atoms with Crippen molar-refractivity contribution in [3.05, 3.63) is 30.1 Å². The van der Waals surface area contributed by atoms with Gasteiger partial charge in [-0.1, -0.05) is 0 Å². The van der Waals surface area contributed by atoms with E-state index in [0.717, 1.165) is 6.54 Å². The Labute approximate surface area is 84.4 Å². The minimum absolute atomic E-state index is 0.306. The third kappa shape index (κ3) is 3.83. The zero-order valence-corrected chi connectivity index (χ0v) is 8.43. The lowest BCUT2D eigenvalue weighted by Crippen LogP contribution is -2.33. The van der Waals surface area contributed by atoms with Gasteiger partial charge in [-0.2, -0.15) is 0 Å². The highest BCUT2D eigenvalue weighted by Gasteiger charge is 2.05. The first-order valence-corrected chi connectivity index (χ1v) is 4.68. The lowest BCUT2D eigenvalue weighted by atomic mass is 10.2. The van der Waals surface area contributed by atoms with E-state index in [4.69, 9.17) is 5.73 Å². The van der Waals surface area contributed by atoms with Crippen LogP contribution in [0.15, 0.2) is 24.5 Å². The third-order valence-electron chi connectivity index (χ3n) is 2.00. The summed E-state index contributed by atoms with van der Waals surface area (Å²) < 4.78 is 0. The van der Waals surface area contributed by atoms with Gasteiger partial charge in [0, 0.05) is 32.0 Å². The first kappa shape index (κ1) is 11.1. The molecule has 1 aromatic heterocycles. The molecule has 0 aliphatic heterocycles. The molecule has 0 bridgehead atoms. The Bertz CT molecular complexity index is 253. The lowest BCUT2D eigenvalue weighted by Gasteiger charge is -2.19. The quantitative estimate of drug-likeness (QED) is 0.685. The van der Waals surface area contributed by atoms with Gasteiger partial charge in [-0.3, -0.25) is 9.88 Å². The minimum Gasteiger partial charge on any atom is -0.390 e. The molecule has 0 amide bonds. The van der Waals surface area contributed by atoms with Crippen LogP contribution in [0.5, 0.6) is 0 Å². The molecule has 0 unspecified atom stereocenters. The smallest absolute Gasteiger partial charge is 0.0789 e. The summed E-state index contributed by atoms with van der Waals surface area (Å²) in [5.41, 5.74) is 6.51. The summed E-state index contributed by atoms with van der Waals surface area (Å²) in [6.45, 7) is 1.71. The van der Waals surface area contributed by atoms with Crippen LogP contribution in [-0.2, 0) is 6.54 Å². The number of aliphatic hydroxyl groups excluding tert-OH is 1. The fourth-order valence-electron chi connectivity index (χ4n) is 1.30. The van der Waals surface area contributed by atoms with Crippen molar-refractivity contribution in [1.29, 1.82) is 0 Å². The molecule has 1 rings (SSSR count). The van der Waals surface area contributed by atoms with Crippen molar-refractivity contribution in [3.8, 4) is 0 Å². The van der Waals surface area contributed by atoms with Crippen LogP contribution in [0.3, 0.4) is 0 Å². The van der Waals surface area contributed by atoms with E-state index in [2.05, 4.69) is 4.98 Å². The number of nitrogens with two attached hydrogens (primary N) is 1. The summed E-state index contributed by atoms with van der Waals surface area (Å²) in [7, 11) is 1.96. The number of likely N-dealkylation sites (N-methyl/N-ethyl adjacent to an activating group) is 1. The Morgan fingerprint density at radius 3 is 2.71 bits per heavy atom. The second-order valence-corrected chi connectivity index (χ2v) is 3.44. The Kier molecular flexibility index (Phi) is 4.52. The van der Waals surface area contributed by atoms with E-state index in [1.165, 1.54) is 5.56 Å². The van der Waals surface area contributed by atoms with Crippen molar-refractivity contribution in [1.82, 2.24) is 9.88 Å². The van der Waals surface area contributed by atoms with E-state index in [9.17, 15) is 5.11 Å². The maximum absolute atomic E-state index is 9.33. The van der Waals surface area contributed by atoms with Crippen LogP contribution < -0.4 is 5.73 Å². The molecule has 0 aliphatic carbocycles. The number of hydrogen-bond donors (Lipinski definition) is 2. The van der Waals surface area contributed by atoms with Crippen LogP contribution in [0.2, 0.25) is 0 Å². The van der Waals surface area contributed by atoms with Gasteiger partial charge in [-0.05, 0) is 24.7 Å². The summed E-state index contributed by atoms with van der Waals surface area (Å²) in [6, 6.07) is 3.93. The van der Waals surface area contributed by atoms with Gasteiger partial charge in [-0.15, -0.1) is 0 Å². The van der Waals surface area contributed by atoms with Gasteiger partial charge in [0.1, 0.15) is 0 Å². The highest BCUT2D eigenvalue weighted by atomic mass is 16.3. The fraction of sp³-hybridized carbons (Fsp3) is 0.500. The van der Waals surface area contributed by atoms with E-state index in [1.54, 1.807) is 12.4 Å². The number of pyridine rings is 1.